The number of fused-ring (bicyclic) bond motifs is 3. The lowest BCUT2D eigenvalue weighted by molar-refractivity contribution is -0.135. The Hall–Kier alpha value is -4.92. The molecule has 0 amide bonds. The minimum Gasteiger partial charge on any atom is -0.507 e. The Morgan fingerprint density at radius 1 is 0.974 bits per heavy atom. The second kappa shape index (κ2) is 10.1. The third kappa shape index (κ3) is 4.74. The summed E-state index contributed by atoms with van der Waals surface area (Å²) in [7, 11) is 2.94. The molecule has 3 aromatic carbocycles. The zero-order valence-electron chi connectivity index (χ0n) is 21.6. The smallest absolute Gasteiger partial charge is 0.312 e. The number of methoxy groups -OCH3 is 2. The lowest BCUT2D eigenvalue weighted by atomic mass is 9.85. The number of carbonyl (C=O) groups excluding carboxylic acids is 1. The number of ether oxygens (including phenoxy) is 4. The fourth-order valence-electron chi connectivity index (χ4n) is 4.65. The van der Waals surface area contributed by atoms with Crippen LogP contribution in [0.1, 0.15) is 30.4 Å². The maximum atomic E-state index is 13.2. The van der Waals surface area contributed by atoms with Crippen molar-refractivity contribution in [2.75, 3.05) is 20.8 Å². The SMILES string of the molecule is C=C(C)COc1ccc(C2CC(=O)Oc3cc(O)c4c(=O)cc(-c5ccc(OC)c(O)c5)oc4c32)cc1OC. The van der Waals surface area contributed by atoms with Gasteiger partial charge in [0.25, 0.3) is 0 Å². The van der Waals surface area contributed by atoms with Crippen LogP contribution in [0.25, 0.3) is 22.3 Å². The first kappa shape index (κ1) is 25.7. The van der Waals surface area contributed by atoms with Gasteiger partial charge >= 0.3 is 5.97 Å². The predicted molar refractivity (Wildman–Crippen MR) is 143 cm³/mol. The molecular formula is C30H26O9. The van der Waals surface area contributed by atoms with Crippen molar-refractivity contribution in [2.45, 2.75) is 19.3 Å². The molecule has 4 aromatic rings. The monoisotopic (exact) mass is 530 g/mol. The molecule has 39 heavy (non-hydrogen) atoms. The van der Waals surface area contributed by atoms with Crippen molar-refractivity contribution in [3.05, 3.63) is 82.0 Å². The molecule has 1 aliphatic heterocycles. The normalized spacial score (nSPS) is 14.4. The summed E-state index contributed by atoms with van der Waals surface area (Å²) in [6, 6.07) is 12.3. The summed E-state index contributed by atoms with van der Waals surface area (Å²) in [5.41, 5.74) is 1.94. The molecule has 1 unspecified atom stereocenters. The predicted octanol–water partition coefficient (Wildman–Crippen LogP) is 5.28. The van der Waals surface area contributed by atoms with Crippen molar-refractivity contribution in [1.29, 1.82) is 0 Å². The molecule has 0 bridgehead atoms. The average molecular weight is 531 g/mol. The van der Waals surface area contributed by atoms with Gasteiger partial charge < -0.3 is 33.6 Å². The van der Waals surface area contributed by atoms with E-state index in [0.717, 1.165) is 5.57 Å². The Morgan fingerprint density at radius 3 is 2.41 bits per heavy atom. The fraction of sp³-hybridized carbons (Fsp3) is 0.200. The van der Waals surface area contributed by atoms with Crippen LogP contribution in [0.5, 0.6) is 34.5 Å². The van der Waals surface area contributed by atoms with Crippen LogP contribution in [0, 0.1) is 0 Å². The highest BCUT2D eigenvalue weighted by Crippen LogP contribution is 2.47. The zero-order valence-corrected chi connectivity index (χ0v) is 21.6. The molecule has 2 heterocycles. The van der Waals surface area contributed by atoms with E-state index in [-0.39, 0.29) is 46.1 Å². The summed E-state index contributed by atoms with van der Waals surface area (Å²) < 4.78 is 28.1. The van der Waals surface area contributed by atoms with E-state index in [9.17, 15) is 19.8 Å². The molecule has 0 radical (unpaired) electrons. The van der Waals surface area contributed by atoms with Crippen LogP contribution in [0.15, 0.2) is 69.9 Å². The molecule has 0 spiro atoms. The van der Waals surface area contributed by atoms with Crippen LogP contribution in [0.3, 0.4) is 0 Å². The van der Waals surface area contributed by atoms with Crippen LogP contribution >= 0.6 is 0 Å². The number of carbonyl (C=O) groups is 1. The summed E-state index contributed by atoms with van der Waals surface area (Å²) in [6.07, 6.45) is -0.0424. The van der Waals surface area contributed by atoms with Gasteiger partial charge in [0.15, 0.2) is 28.4 Å². The molecule has 0 aliphatic carbocycles. The molecular weight excluding hydrogens is 504 g/mol. The summed E-state index contributed by atoms with van der Waals surface area (Å²) in [5, 5.41) is 20.9. The molecule has 1 aromatic heterocycles. The van der Waals surface area contributed by atoms with E-state index in [0.29, 0.717) is 34.8 Å². The summed E-state index contributed by atoms with van der Waals surface area (Å²) >= 11 is 0. The van der Waals surface area contributed by atoms with Crippen molar-refractivity contribution < 1.29 is 38.4 Å². The maximum absolute atomic E-state index is 13.2. The van der Waals surface area contributed by atoms with E-state index in [4.69, 9.17) is 23.4 Å². The number of hydrogen-bond acceptors (Lipinski definition) is 9. The standard InChI is InChI=1S/C30H26O9/c1-15(2)14-37-23-8-5-16(10-25(23)36-4)18-11-27(34)38-26-13-21(33)29-20(32)12-24(39-30(29)28(18)26)17-6-7-22(35-3)19(31)9-17/h5-10,12-13,18,31,33H,1,11,14H2,2-4H3. The molecule has 1 aliphatic rings. The second-order valence-corrected chi connectivity index (χ2v) is 9.26. The van der Waals surface area contributed by atoms with Gasteiger partial charge in [-0.15, -0.1) is 0 Å². The number of benzene rings is 3. The molecule has 0 fully saturated rings. The molecule has 0 saturated carbocycles. The third-order valence-corrected chi connectivity index (χ3v) is 6.45. The van der Waals surface area contributed by atoms with Gasteiger partial charge in [0.2, 0.25) is 0 Å². The molecule has 9 heteroatoms. The van der Waals surface area contributed by atoms with E-state index in [2.05, 4.69) is 6.58 Å². The summed E-state index contributed by atoms with van der Waals surface area (Å²) in [5.74, 6) is -0.161. The minimum absolute atomic E-state index is 0.0424. The highest BCUT2D eigenvalue weighted by Gasteiger charge is 2.34. The van der Waals surface area contributed by atoms with Gasteiger partial charge in [0, 0.05) is 29.2 Å². The van der Waals surface area contributed by atoms with Gasteiger partial charge in [-0.25, -0.2) is 0 Å². The van der Waals surface area contributed by atoms with Crippen LogP contribution in [-0.4, -0.2) is 37.0 Å². The maximum Gasteiger partial charge on any atom is 0.312 e. The van der Waals surface area contributed by atoms with E-state index < -0.39 is 17.3 Å². The second-order valence-electron chi connectivity index (χ2n) is 9.26. The van der Waals surface area contributed by atoms with Crippen LogP contribution in [-0.2, 0) is 4.79 Å². The Kier molecular flexibility index (Phi) is 6.66. The minimum atomic E-state index is -0.587. The van der Waals surface area contributed by atoms with Crippen molar-refractivity contribution in [3.8, 4) is 45.8 Å². The molecule has 5 rings (SSSR count). The molecule has 9 nitrogen and oxygen atoms in total. The lowest BCUT2D eigenvalue weighted by Gasteiger charge is -2.26. The van der Waals surface area contributed by atoms with Crippen molar-refractivity contribution >= 4 is 16.9 Å². The largest absolute Gasteiger partial charge is 0.507 e. The number of hydrogen-bond donors (Lipinski definition) is 2. The summed E-state index contributed by atoms with van der Waals surface area (Å²) in [4.78, 5) is 25.8. The highest BCUT2D eigenvalue weighted by molar-refractivity contribution is 5.93. The van der Waals surface area contributed by atoms with Gasteiger partial charge in [0.1, 0.15) is 34.8 Å². The van der Waals surface area contributed by atoms with Crippen LogP contribution in [0.4, 0.5) is 0 Å². The molecule has 0 saturated heterocycles. The Labute approximate surface area is 223 Å². The van der Waals surface area contributed by atoms with Gasteiger partial charge in [0.05, 0.1) is 20.6 Å². The molecule has 200 valence electrons. The molecule has 2 N–H and O–H groups in total. The average Bonchev–Trinajstić information content (AvgIpc) is 2.90. The first-order valence-corrected chi connectivity index (χ1v) is 12.1. The van der Waals surface area contributed by atoms with Gasteiger partial charge in [-0.1, -0.05) is 12.6 Å². The van der Waals surface area contributed by atoms with E-state index in [1.807, 2.05) is 6.92 Å². The van der Waals surface area contributed by atoms with Crippen LogP contribution in [0.2, 0.25) is 0 Å². The topological polar surface area (TPSA) is 125 Å². The van der Waals surface area contributed by atoms with Crippen LogP contribution < -0.4 is 24.4 Å². The first-order valence-electron chi connectivity index (χ1n) is 12.1. The Bertz CT molecular complexity index is 1680. The number of rotatable bonds is 7. The Balaban J connectivity index is 1.71. The van der Waals surface area contributed by atoms with E-state index >= 15 is 0 Å². The van der Waals surface area contributed by atoms with Crippen molar-refractivity contribution in [3.63, 3.8) is 0 Å². The van der Waals surface area contributed by atoms with E-state index in [1.165, 1.54) is 32.4 Å². The fourth-order valence-corrected chi connectivity index (χ4v) is 4.65. The van der Waals surface area contributed by atoms with Gasteiger partial charge in [-0.3, -0.25) is 9.59 Å². The first-order chi connectivity index (χ1) is 18.7. The van der Waals surface area contributed by atoms with Gasteiger partial charge in [-0.05, 0) is 48.4 Å². The zero-order chi connectivity index (χ0) is 27.8. The van der Waals surface area contributed by atoms with E-state index in [1.54, 1.807) is 30.3 Å². The van der Waals surface area contributed by atoms with Gasteiger partial charge in [-0.2, -0.15) is 0 Å². The Morgan fingerprint density at radius 2 is 1.72 bits per heavy atom. The summed E-state index contributed by atoms with van der Waals surface area (Å²) in [6.45, 7) is 6.00. The third-order valence-electron chi connectivity index (χ3n) is 6.45. The number of aromatic hydroxyl groups is 2. The lowest BCUT2D eigenvalue weighted by Crippen LogP contribution is -2.22. The highest BCUT2D eigenvalue weighted by atomic mass is 16.5. The quantitative estimate of drug-likeness (QED) is 0.186. The number of phenolic OH excluding ortho intramolecular Hbond substituents is 2. The van der Waals surface area contributed by atoms with Crippen molar-refractivity contribution in [1.82, 2.24) is 0 Å². The number of phenols is 2. The molecule has 1 atom stereocenters. The number of esters is 1. The van der Waals surface area contributed by atoms with Crippen molar-refractivity contribution in [2.24, 2.45) is 0 Å².